The highest BCUT2D eigenvalue weighted by molar-refractivity contribution is 7.89. The second-order valence-electron chi connectivity index (χ2n) is 6.07. The average Bonchev–Trinajstić information content (AvgIpc) is 2.88. The molecule has 1 aliphatic heterocycles. The van der Waals surface area contributed by atoms with Gasteiger partial charge in [-0.3, -0.25) is 10.0 Å². The van der Waals surface area contributed by atoms with Gasteiger partial charge >= 0.3 is 5.97 Å². The molecule has 0 radical (unpaired) electrons. The molecule has 0 saturated carbocycles. The van der Waals surface area contributed by atoms with Gasteiger partial charge in [0.2, 0.25) is 10.0 Å². The molecule has 2 atom stereocenters. The highest BCUT2D eigenvalue weighted by Gasteiger charge is 2.41. The number of carboxylic acid groups (broad SMARTS) is 1. The molecule has 1 fully saturated rings. The van der Waals surface area contributed by atoms with Crippen LogP contribution in [0.2, 0.25) is 0 Å². The van der Waals surface area contributed by atoms with E-state index in [9.17, 15) is 18.0 Å². The van der Waals surface area contributed by atoms with Crippen molar-refractivity contribution in [2.45, 2.75) is 30.2 Å². The molecule has 0 spiro atoms. The van der Waals surface area contributed by atoms with Crippen molar-refractivity contribution in [2.75, 3.05) is 13.7 Å². The van der Waals surface area contributed by atoms with Gasteiger partial charge in [0.05, 0.1) is 12.0 Å². The van der Waals surface area contributed by atoms with E-state index in [1.807, 2.05) is 0 Å². The van der Waals surface area contributed by atoms with Crippen molar-refractivity contribution >= 4 is 21.9 Å². The smallest absolute Gasteiger partial charge is 0.327 e. The molecule has 0 bridgehead atoms. The minimum absolute atomic E-state index is 0.0260. The van der Waals surface area contributed by atoms with Crippen LogP contribution in [0.1, 0.15) is 19.3 Å². The summed E-state index contributed by atoms with van der Waals surface area (Å²) >= 11 is 0. The number of nitrogens with one attached hydrogen (secondary N) is 1. The molecular formula is C17H22N2O7S. The Hall–Kier alpha value is -2.43. The summed E-state index contributed by atoms with van der Waals surface area (Å²) in [5.74, 6) is -2.32. The Bertz CT molecular complexity index is 805. The average molecular weight is 398 g/mol. The predicted molar refractivity (Wildman–Crippen MR) is 94.7 cm³/mol. The van der Waals surface area contributed by atoms with Crippen molar-refractivity contribution in [2.24, 2.45) is 5.92 Å². The fourth-order valence-corrected chi connectivity index (χ4v) is 4.78. The molecule has 3 N–H and O–H groups in total. The lowest BCUT2D eigenvalue weighted by Crippen LogP contribution is -2.51. The Morgan fingerprint density at radius 3 is 2.48 bits per heavy atom. The first kappa shape index (κ1) is 20.9. The standard InChI is InChI=1S/C17H22N2O7S/c1-26-13-6-8-14(9-7-13)27(24,25)19-11-3-2-4-12(5-10-15(20)21)16(19)17(22)18-23/h5-10,12,16,23H,2-4,11H2,1H3,(H,18,22)(H,20,21)/b10-5+. The van der Waals surface area contributed by atoms with E-state index in [-0.39, 0.29) is 11.4 Å². The number of hydrogen-bond donors (Lipinski definition) is 3. The lowest BCUT2D eigenvalue weighted by Gasteiger charge is -2.31. The van der Waals surface area contributed by atoms with Crippen LogP contribution in [-0.2, 0) is 19.6 Å². The van der Waals surface area contributed by atoms with Crippen molar-refractivity contribution in [3.63, 3.8) is 0 Å². The summed E-state index contributed by atoms with van der Waals surface area (Å²) in [4.78, 5) is 23.1. The zero-order valence-electron chi connectivity index (χ0n) is 14.7. The van der Waals surface area contributed by atoms with Crippen LogP contribution in [0, 0.1) is 5.92 Å². The van der Waals surface area contributed by atoms with Gasteiger partial charge in [0.25, 0.3) is 5.91 Å². The van der Waals surface area contributed by atoms with E-state index in [0.29, 0.717) is 25.0 Å². The Morgan fingerprint density at radius 1 is 1.26 bits per heavy atom. The molecule has 9 nitrogen and oxygen atoms in total. The molecule has 148 valence electrons. The highest BCUT2D eigenvalue weighted by Crippen LogP contribution is 2.30. The maximum absolute atomic E-state index is 13.1. The monoisotopic (exact) mass is 398 g/mol. The van der Waals surface area contributed by atoms with Crippen molar-refractivity contribution in [3.05, 3.63) is 36.4 Å². The molecule has 27 heavy (non-hydrogen) atoms. The first-order valence-electron chi connectivity index (χ1n) is 8.32. The van der Waals surface area contributed by atoms with E-state index < -0.39 is 33.9 Å². The third kappa shape index (κ3) is 4.85. The van der Waals surface area contributed by atoms with E-state index in [0.717, 1.165) is 10.4 Å². The van der Waals surface area contributed by atoms with Gasteiger partial charge in [-0.25, -0.2) is 18.7 Å². The highest BCUT2D eigenvalue weighted by atomic mass is 32.2. The minimum Gasteiger partial charge on any atom is -0.497 e. The molecule has 1 amide bonds. The zero-order chi connectivity index (χ0) is 20.0. The number of rotatable bonds is 6. The van der Waals surface area contributed by atoms with Crippen LogP contribution < -0.4 is 10.2 Å². The molecule has 1 aromatic carbocycles. The van der Waals surface area contributed by atoms with E-state index >= 15 is 0 Å². The number of sulfonamides is 1. The predicted octanol–water partition coefficient (Wildman–Crippen LogP) is 1.00. The molecule has 1 heterocycles. The topological polar surface area (TPSA) is 133 Å². The lowest BCUT2D eigenvalue weighted by molar-refractivity contribution is -0.134. The summed E-state index contributed by atoms with van der Waals surface area (Å²) in [5, 5.41) is 18.0. The number of methoxy groups -OCH3 is 1. The maximum atomic E-state index is 13.1. The molecule has 1 aliphatic rings. The second kappa shape index (κ2) is 8.98. The summed E-state index contributed by atoms with van der Waals surface area (Å²) < 4.78 is 32.3. The van der Waals surface area contributed by atoms with Crippen molar-refractivity contribution in [1.82, 2.24) is 9.79 Å². The molecular weight excluding hydrogens is 376 g/mol. The summed E-state index contributed by atoms with van der Waals surface area (Å²) in [7, 11) is -2.60. The number of aliphatic carboxylic acids is 1. The first-order chi connectivity index (χ1) is 12.8. The Kier molecular flexibility index (Phi) is 6.94. The third-order valence-corrected chi connectivity index (χ3v) is 6.31. The van der Waals surface area contributed by atoms with Gasteiger partial charge in [0, 0.05) is 18.5 Å². The van der Waals surface area contributed by atoms with Gasteiger partial charge in [-0.2, -0.15) is 4.31 Å². The van der Waals surface area contributed by atoms with Gasteiger partial charge in [0.1, 0.15) is 11.8 Å². The number of benzene rings is 1. The SMILES string of the molecule is COc1ccc(S(=O)(=O)N2CCCCC(/C=C/C(=O)O)C2C(=O)NO)cc1. The molecule has 0 aliphatic carbocycles. The van der Waals surface area contributed by atoms with E-state index in [1.54, 1.807) is 0 Å². The quantitative estimate of drug-likeness (QED) is 0.370. The summed E-state index contributed by atoms with van der Waals surface area (Å²) in [6.07, 6.45) is 3.70. The van der Waals surface area contributed by atoms with E-state index in [1.165, 1.54) is 42.9 Å². The molecule has 1 saturated heterocycles. The number of carbonyl (C=O) groups is 2. The van der Waals surface area contributed by atoms with Gasteiger partial charge in [0.15, 0.2) is 0 Å². The number of amides is 1. The van der Waals surface area contributed by atoms with Gasteiger partial charge in [-0.05, 0) is 37.1 Å². The number of carboxylic acids is 1. The minimum atomic E-state index is -4.06. The Labute approximate surface area is 157 Å². The van der Waals surface area contributed by atoms with Crippen LogP contribution in [0.5, 0.6) is 5.75 Å². The van der Waals surface area contributed by atoms with Gasteiger partial charge in [-0.15, -0.1) is 0 Å². The van der Waals surface area contributed by atoms with Crippen LogP contribution in [0.4, 0.5) is 0 Å². The lowest BCUT2D eigenvalue weighted by atomic mass is 9.94. The Morgan fingerprint density at radius 2 is 1.93 bits per heavy atom. The number of hydroxylamine groups is 1. The summed E-state index contributed by atoms with van der Waals surface area (Å²) in [5.41, 5.74) is 1.51. The second-order valence-corrected chi connectivity index (χ2v) is 7.96. The number of hydrogen-bond acceptors (Lipinski definition) is 6. The summed E-state index contributed by atoms with van der Waals surface area (Å²) in [6.45, 7) is 0.0733. The van der Waals surface area contributed by atoms with E-state index in [2.05, 4.69) is 0 Å². The van der Waals surface area contributed by atoms with Crippen LogP contribution in [-0.4, -0.2) is 54.6 Å². The maximum Gasteiger partial charge on any atom is 0.327 e. The molecule has 1 aromatic rings. The van der Waals surface area contributed by atoms with E-state index in [4.69, 9.17) is 15.1 Å². The van der Waals surface area contributed by atoms with Gasteiger partial charge in [-0.1, -0.05) is 12.5 Å². The number of nitrogens with zero attached hydrogens (tertiary/aromatic N) is 1. The summed E-state index contributed by atoms with van der Waals surface area (Å²) in [6, 6.07) is 4.46. The molecule has 2 unspecified atom stereocenters. The molecule has 0 aromatic heterocycles. The first-order valence-corrected chi connectivity index (χ1v) is 9.76. The van der Waals surface area contributed by atoms with Crippen molar-refractivity contribution in [3.8, 4) is 5.75 Å². The van der Waals surface area contributed by atoms with Crippen LogP contribution in [0.15, 0.2) is 41.3 Å². The van der Waals surface area contributed by atoms with Crippen LogP contribution in [0.3, 0.4) is 0 Å². The molecule has 10 heteroatoms. The number of carbonyl (C=O) groups excluding carboxylic acids is 1. The fraction of sp³-hybridized carbons (Fsp3) is 0.412. The zero-order valence-corrected chi connectivity index (χ0v) is 15.6. The largest absolute Gasteiger partial charge is 0.497 e. The van der Waals surface area contributed by atoms with Gasteiger partial charge < -0.3 is 9.84 Å². The van der Waals surface area contributed by atoms with Crippen molar-refractivity contribution < 1.29 is 33.1 Å². The fourth-order valence-electron chi connectivity index (χ4n) is 3.11. The number of ether oxygens (including phenoxy) is 1. The van der Waals surface area contributed by atoms with Crippen molar-refractivity contribution in [1.29, 1.82) is 0 Å². The van der Waals surface area contributed by atoms with Crippen LogP contribution >= 0.6 is 0 Å². The van der Waals surface area contributed by atoms with Crippen LogP contribution in [0.25, 0.3) is 0 Å². The Balaban J connectivity index is 2.47. The normalized spacial score (nSPS) is 21.6. The third-order valence-electron chi connectivity index (χ3n) is 4.41. The molecule has 2 rings (SSSR count).